The van der Waals surface area contributed by atoms with Crippen molar-refractivity contribution in [3.63, 3.8) is 0 Å². The van der Waals surface area contributed by atoms with Crippen molar-refractivity contribution in [2.45, 2.75) is 45.3 Å². The Morgan fingerprint density at radius 3 is 2.67 bits per heavy atom. The van der Waals surface area contributed by atoms with Gasteiger partial charge in [-0.3, -0.25) is 0 Å². The van der Waals surface area contributed by atoms with Gasteiger partial charge in [-0.15, -0.1) is 0 Å². The first kappa shape index (κ1) is 15.6. The van der Waals surface area contributed by atoms with Gasteiger partial charge < -0.3 is 5.32 Å². The lowest BCUT2D eigenvalue weighted by Crippen LogP contribution is -2.18. The number of rotatable bonds is 10. The van der Waals surface area contributed by atoms with E-state index in [2.05, 4.69) is 43.4 Å². The molecule has 0 saturated carbocycles. The summed E-state index contributed by atoms with van der Waals surface area (Å²) in [6.45, 7) is 6.78. The molecule has 0 atom stereocenters. The van der Waals surface area contributed by atoms with E-state index in [0.717, 1.165) is 12.3 Å². The summed E-state index contributed by atoms with van der Waals surface area (Å²) in [5.74, 6) is 2.35. The van der Waals surface area contributed by atoms with Crippen LogP contribution in [0.4, 0.5) is 0 Å². The van der Waals surface area contributed by atoms with Crippen LogP contribution < -0.4 is 5.32 Å². The maximum absolute atomic E-state index is 3.52. The van der Waals surface area contributed by atoms with Gasteiger partial charge in [0.05, 0.1) is 0 Å². The van der Waals surface area contributed by atoms with Crippen LogP contribution in [0.1, 0.15) is 43.7 Å². The number of unbranched alkanes of at least 4 members (excludes halogenated alkanes) is 3. The highest BCUT2D eigenvalue weighted by Gasteiger charge is 1.96. The maximum Gasteiger partial charge on any atom is 0.0187 e. The van der Waals surface area contributed by atoms with Gasteiger partial charge in [0, 0.05) is 18.1 Å². The molecule has 1 rings (SSSR count). The SMILES string of the molecule is CCCCCCNCCSCc1ccccc1C. The Morgan fingerprint density at radius 2 is 1.89 bits per heavy atom. The molecule has 1 N–H and O–H groups in total. The van der Waals surface area contributed by atoms with E-state index in [4.69, 9.17) is 0 Å². The number of benzene rings is 1. The Balaban J connectivity index is 1.94. The standard InChI is InChI=1S/C16H27NS/c1-3-4-5-8-11-17-12-13-18-14-16-10-7-6-9-15(16)2/h6-7,9-10,17H,3-5,8,11-14H2,1-2H3. The minimum absolute atomic E-state index is 1.14. The molecule has 0 bridgehead atoms. The molecular formula is C16H27NS. The summed E-state index contributed by atoms with van der Waals surface area (Å²) >= 11 is 2.03. The lowest BCUT2D eigenvalue weighted by Gasteiger charge is -2.06. The van der Waals surface area contributed by atoms with Crippen molar-refractivity contribution in [1.82, 2.24) is 5.32 Å². The minimum Gasteiger partial charge on any atom is -0.316 e. The molecule has 1 aromatic carbocycles. The van der Waals surface area contributed by atoms with Crippen LogP contribution in [0.5, 0.6) is 0 Å². The number of nitrogens with one attached hydrogen (secondary N) is 1. The lowest BCUT2D eigenvalue weighted by atomic mass is 10.1. The predicted molar refractivity (Wildman–Crippen MR) is 84.4 cm³/mol. The first-order chi connectivity index (χ1) is 8.84. The second-order valence-electron chi connectivity index (χ2n) is 4.79. The zero-order chi connectivity index (χ0) is 13.1. The van der Waals surface area contributed by atoms with Gasteiger partial charge in [-0.2, -0.15) is 11.8 Å². The van der Waals surface area contributed by atoms with Crippen LogP contribution in [0.25, 0.3) is 0 Å². The molecule has 0 saturated heterocycles. The highest BCUT2D eigenvalue weighted by Crippen LogP contribution is 2.15. The molecule has 0 aliphatic heterocycles. The lowest BCUT2D eigenvalue weighted by molar-refractivity contribution is 0.613. The number of hydrogen-bond acceptors (Lipinski definition) is 2. The average molecular weight is 265 g/mol. The normalized spacial score (nSPS) is 10.8. The summed E-state index contributed by atoms with van der Waals surface area (Å²) in [6, 6.07) is 8.68. The van der Waals surface area contributed by atoms with Gasteiger partial charge >= 0.3 is 0 Å². The van der Waals surface area contributed by atoms with E-state index < -0.39 is 0 Å². The molecule has 1 nitrogen and oxygen atoms in total. The Kier molecular flexibility index (Phi) is 9.05. The molecule has 2 heteroatoms. The molecule has 0 aliphatic rings. The zero-order valence-corrected chi connectivity index (χ0v) is 12.7. The molecule has 0 unspecified atom stereocenters. The molecular weight excluding hydrogens is 238 g/mol. The highest BCUT2D eigenvalue weighted by molar-refractivity contribution is 7.98. The van der Waals surface area contributed by atoms with Gasteiger partial charge in [-0.25, -0.2) is 0 Å². The molecule has 102 valence electrons. The number of hydrogen-bond donors (Lipinski definition) is 1. The molecule has 0 fully saturated rings. The first-order valence-electron chi connectivity index (χ1n) is 7.17. The number of thioether (sulfide) groups is 1. The van der Waals surface area contributed by atoms with Gasteiger partial charge in [-0.1, -0.05) is 50.5 Å². The van der Waals surface area contributed by atoms with Gasteiger partial charge in [0.15, 0.2) is 0 Å². The first-order valence-corrected chi connectivity index (χ1v) is 8.33. The summed E-state index contributed by atoms with van der Waals surface area (Å²) < 4.78 is 0. The fourth-order valence-corrected chi connectivity index (χ4v) is 2.88. The van der Waals surface area contributed by atoms with E-state index in [-0.39, 0.29) is 0 Å². The third kappa shape index (κ3) is 7.07. The molecule has 1 aromatic rings. The number of aryl methyl sites for hydroxylation is 1. The maximum atomic E-state index is 3.52. The highest BCUT2D eigenvalue weighted by atomic mass is 32.2. The largest absolute Gasteiger partial charge is 0.316 e. The molecule has 0 aliphatic carbocycles. The van der Waals surface area contributed by atoms with E-state index in [1.165, 1.54) is 49.1 Å². The fraction of sp³-hybridized carbons (Fsp3) is 0.625. The quantitative estimate of drug-likeness (QED) is 0.629. The average Bonchev–Trinajstić information content (AvgIpc) is 2.39. The minimum atomic E-state index is 1.14. The Morgan fingerprint density at radius 1 is 1.06 bits per heavy atom. The monoisotopic (exact) mass is 265 g/mol. The second kappa shape index (κ2) is 10.5. The molecule has 0 radical (unpaired) electrons. The smallest absolute Gasteiger partial charge is 0.0187 e. The van der Waals surface area contributed by atoms with Crippen LogP contribution in [0.2, 0.25) is 0 Å². The van der Waals surface area contributed by atoms with E-state index >= 15 is 0 Å². The fourth-order valence-electron chi connectivity index (χ4n) is 1.90. The molecule has 0 amide bonds. The Labute approximate surface area is 117 Å². The van der Waals surface area contributed by atoms with Crippen LogP contribution >= 0.6 is 11.8 Å². The van der Waals surface area contributed by atoms with Crippen molar-refractivity contribution in [1.29, 1.82) is 0 Å². The second-order valence-corrected chi connectivity index (χ2v) is 5.89. The van der Waals surface area contributed by atoms with E-state index in [9.17, 15) is 0 Å². The molecule has 0 heterocycles. The third-order valence-corrected chi connectivity index (χ3v) is 4.16. The summed E-state index contributed by atoms with van der Waals surface area (Å²) in [7, 11) is 0. The van der Waals surface area contributed by atoms with E-state index in [1.54, 1.807) is 0 Å². The van der Waals surface area contributed by atoms with Crippen LogP contribution in [-0.4, -0.2) is 18.8 Å². The van der Waals surface area contributed by atoms with Crippen molar-refractivity contribution in [2.75, 3.05) is 18.8 Å². The summed E-state index contributed by atoms with van der Waals surface area (Å²) in [5, 5.41) is 3.52. The van der Waals surface area contributed by atoms with Crippen molar-refractivity contribution >= 4 is 11.8 Å². The Hall–Kier alpha value is -0.470. The van der Waals surface area contributed by atoms with Gasteiger partial charge in [0.1, 0.15) is 0 Å². The van der Waals surface area contributed by atoms with Crippen molar-refractivity contribution < 1.29 is 0 Å². The van der Waals surface area contributed by atoms with Crippen molar-refractivity contribution in [3.05, 3.63) is 35.4 Å². The summed E-state index contributed by atoms with van der Waals surface area (Å²) in [6.07, 6.45) is 5.41. The third-order valence-electron chi connectivity index (χ3n) is 3.15. The van der Waals surface area contributed by atoms with Crippen LogP contribution in [-0.2, 0) is 5.75 Å². The van der Waals surface area contributed by atoms with Crippen LogP contribution in [0.15, 0.2) is 24.3 Å². The van der Waals surface area contributed by atoms with Crippen molar-refractivity contribution in [3.8, 4) is 0 Å². The van der Waals surface area contributed by atoms with Gasteiger partial charge in [0.2, 0.25) is 0 Å². The summed E-state index contributed by atoms with van der Waals surface area (Å²) in [5.41, 5.74) is 2.89. The van der Waals surface area contributed by atoms with Crippen LogP contribution in [0, 0.1) is 6.92 Å². The molecule has 18 heavy (non-hydrogen) atoms. The van der Waals surface area contributed by atoms with Crippen molar-refractivity contribution in [2.24, 2.45) is 0 Å². The van der Waals surface area contributed by atoms with E-state index in [1.807, 2.05) is 11.8 Å². The molecule has 0 spiro atoms. The van der Waals surface area contributed by atoms with Crippen LogP contribution in [0.3, 0.4) is 0 Å². The Bertz CT molecular complexity index is 312. The van der Waals surface area contributed by atoms with Gasteiger partial charge in [0.25, 0.3) is 0 Å². The topological polar surface area (TPSA) is 12.0 Å². The predicted octanol–water partition coefficient (Wildman–Crippen LogP) is 4.40. The van der Waals surface area contributed by atoms with E-state index in [0.29, 0.717) is 0 Å². The van der Waals surface area contributed by atoms with Gasteiger partial charge in [-0.05, 0) is 31.0 Å². The summed E-state index contributed by atoms with van der Waals surface area (Å²) in [4.78, 5) is 0. The zero-order valence-electron chi connectivity index (χ0n) is 11.9. The molecule has 0 aromatic heterocycles.